The second-order valence-electron chi connectivity index (χ2n) is 4.84. The number of esters is 1. The number of hydrogen-bond donors (Lipinski definition) is 1. The molecule has 1 fully saturated rings. The fourth-order valence-electron chi connectivity index (χ4n) is 2.37. The monoisotopic (exact) mass is 251 g/mol. The van der Waals surface area contributed by atoms with Crippen LogP contribution in [0.4, 0.5) is 5.82 Å². The van der Waals surface area contributed by atoms with Crippen molar-refractivity contribution in [1.82, 2.24) is 9.55 Å². The molecule has 5 nitrogen and oxygen atoms in total. The Kier molecular flexibility index (Phi) is 3.89. The lowest BCUT2D eigenvalue weighted by Crippen LogP contribution is -2.16. The molecule has 1 aromatic heterocycles. The Bertz CT molecular complexity index is 436. The molecule has 1 aliphatic carbocycles. The van der Waals surface area contributed by atoms with Gasteiger partial charge in [0, 0.05) is 13.0 Å². The van der Waals surface area contributed by atoms with Gasteiger partial charge in [0.1, 0.15) is 11.6 Å². The van der Waals surface area contributed by atoms with Gasteiger partial charge in [0.2, 0.25) is 0 Å². The van der Waals surface area contributed by atoms with Crippen molar-refractivity contribution in [1.29, 1.82) is 0 Å². The van der Waals surface area contributed by atoms with Gasteiger partial charge in [-0.05, 0) is 12.3 Å². The number of hydrogen-bond acceptors (Lipinski definition) is 4. The lowest BCUT2D eigenvalue weighted by atomic mass is 9.83. The fraction of sp³-hybridized carbons (Fsp3) is 0.692. The highest BCUT2D eigenvalue weighted by Gasteiger charge is 2.22. The van der Waals surface area contributed by atoms with Crippen LogP contribution in [0.1, 0.15) is 48.9 Å². The number of aromatic nitrogens is 2. The van der Waals surface area contributed by atoms with Gasteiger partial charge in [-0.3, -0.25) is 0 Å². The Labute approximate surface area is 107 Å². The number of nitrogens with zero attached hydrogens (tertiary/aromatic N) is 2. The van der Waals surface area contributed by atoms with Gasteiger partial charge in [0.25, 0.3) is 0 Å². The fourth-order valence-corrected chi connectivity index (χ4v) is 2.37. The number of nitrogen functional groups attached to an aromatic ring is 1. The molecule has 2 N–H and O–H groups in total. The summed E-state index contributed by atoms with van der Waals surface area (Å²) in [6.45, 7) is 2.87. The van der Waals surface area contributed by atoms with Gasteiger partial charge in [-0.1, -0.05) is 26.2 Å². The van der Waals surface area contributed by atoms with E-state index in [2.05, 4.69) is 4.98 Å². The molecule has 0 unspecified atom stereocenters. The van der Waals surface area contributed by atoms with Crippen LogP contribution < -0.4 is 5.73 Å². The first-order valence-electron chi connectivity index (χ1n) is 6.60. The Morgan fingerprint density at radius 3 is 2.78 bits per heavy atom. The van der Waals surface area contributed by atoms with Crippen molar-refractivity contribution >= 4 is 11.8 Å². The van der Waals surface area contributed by atoms with Crippen LogP contribution in [0.25, 0.3) is 0 Å². The molecule has 0 bridgehead atoms. The number of aryl methyl sites for hydroxylation is 1. The predicted molar refractivity (Wildman–Crippen MR) is 69.3 cm³/mol. The molecule has 100 valence electrons. The van der Waals surface area contributed by atoms with E-state index in [-0.39, 0.29) is 5.69 Å². The first-order valence-corrected chi connectivity index (χ1v) is 6.60. The van der Waals surface area contributed by atoms with Gasteiger partial charge in [-0.15, -0.1) is 0 Å². The molecule has 1 aliphatic rings. The third-order valence-electron chi connectivity index (χ3n) is 3.77. The Morgan fingerprint density at radius 1 is 1.56 bits per heavy atom. The minimum Gasteiger partial charge on any atom is -0.464 e. The average molecular weight is 251 g/mol. The second kappa shape index (κ2) is 5.42. The molecule has 0 spiro atoms. The van der Waals surface area contributed by atoms with Crippen LogP contribution in [-0.4, -0.2) is 22.6 Å². The van der Waals surface area contributed by atoms with Gasteiger partial charge in [-0.2, -0.15) is 0 Å². The van der Waals surface area contributed by atoms with Crippen molar-refractivity contribution in [3.63, 3.8) is 0 Å². The van der Waals surface area contributed by atoms with Crippen molar-refractivity contribution in [2.45, 2.75) is 45.6 Å². The summed E-state index contributed by atoms with van der Waals surface area (Å²) in [7, 11) is 1.35. The summed E-state index contributed by atoms with van der Waals surface area (Å²) in [4.78, 5) is 15.8. The molecular formula is C13H21N3O2. The molecule has 0 aromatic carbocycles. The highest BCUT2D eigenvalue weighted by Crippen LogP contribution is 2.30. The van der Waals surface area contributed by atoms with Gasteiger partial charge < -0.3 is 15.0 Å². The van der Waals surface area contributed by atoms with Crippen LogP contribution in [0, 0.1) is 5.92 Å². The molecule has 0 radical (unpaired) electrons. The molecule has 0 aliphatic heterocycles. The van der Waals surface area contributed by atoms with Crippen LogP contribution in [0.2, 0.25) is 0 Å². The molecule has 1 aromatic rings. The highest BCUT2D eigenvalue weighted by molar-refractivity contribution is 5.92. The van der Waals surface area contributed by atoms with E-state index in [9.17, 15) is 4.79 Å². The number of nitrogens with two attached hydrogens (primary N) is 1. The summed E-state index contributed by atoms with van der Waals surface area (Å²) >= 11 is 0. The Morgan fingerprint density at radius 2 is 2.28 bits per heavy atom. The van der Waals surface area contributed by atoms with Crippen LogP contribution in [0.3, 0.4) is 0 Å². The van der Waals surface area contributed by atoms with E-state index in [0.717, 1.165) is 31.1 Å². The van der Waals surface area contributed by atoms with Crippen molar-refractivity contribution < 1.29 is 9.53 Å². The minimum atomic E-state index is -0.454. The maximum absolute atomic E-state index is 11.5. The summed E-state index contributed by atoms with van der Waals surface area (Å²) < 4.78 is 6.66. The average Bonchev–Trinajstić information content (AvgIpc) is 2.64. The van der Waals surface area contributed by atoms with Gasteiger partial charge in [0.05, 0.1) is 7.11 Å². The van der Waals surface area contributed by atoms with E-state index >= 15 is 0 Å². The molecule has 0 saturated heterocycles. The number of carbonyl (C=O) groups excluding carboxylic acids is 1. The first-order chi connectivity index (χ1) is 8.67. The normalized spacial score (nSPS) is 15.4. The third-order valence-corrected chi connectivity index (χ3v) is 3.77. The van der Waals surface area contributed by atoms with Crippen LogP contribution in [0.15, 0.2) is 0 Å². The summed E-state index contributed by atoms with van der Waals surface area (Å²) in [5.41, 5.74) is 6.25. The van der Waals surface area contributed by atoms with E-state index in [1.54, 1.807) is 0 Å². The lowest BCUT2D eigenvalue weighted by Gasteiger charge is -2.25. The predicted octanol–water partition coefficient (Wildman–Crippen LogP) is 2.00. The number of methoxy groups -OCH3 is 1. The Hall–Kier alpha value is -1.52. The lowest BCUT2D eigenvalue weighted by molar-refractivity contribution is 0.0595. The topological polar surface area (TPSA) is 70.1 Å². The number of ether oxygens (including phenoxy) is 1. The maximum atomic E-state index is 11.5. The van der Waals surface area contributed by atoms with E-state index in [1.165, 1.54) is 26.4 Å². The second-order valence-corrected chi connectivity index (χ2v) is 4.84. The number of carbonyl (C=O) groups is 1. The molecule has 1 heterocycles. The number of imidazole rings is 1. The molecule has 5 heteroatoms. The van der Waals surface area contributed by atoms with Crippen molar-refractivity contribution in [2.24, 2.45) is 5.92 Å². The number of rotatable bonds is 5. The molecule has 0 amide bonds. The number of anilines is 1. The third kappa shape index (κ3) is 2.35. The maximum Gasteiger partial charge on any atom is 0.360 e. The quantitative estimate of drug-likeness (QED) is 0.813. The zero-order valence-corrected chi connectivity index (χ0v) is 11.1. The highest BCUT2D eigenvalue weighted by atomic mass is 16.5. The van der Waals surface area contributed by atoms with Crippen LogP contribution >= 0.6 is 0 Å². The van der Waals surface area contributed by atoms with E-state index in [0.29, 0.717) is 5.82 Å². The van der Waals surface area contributed by atoms with Crippen LogP contribution in [-0.2, 0) is 17.7 Å². The first kappa shape index (κ1) is 12.9. The summed E-state index contributed by atoms with van der Waals surface area (Å²) in [5, 5.41) is 0. The van der Waals surface area contributed by atoms with Crippen molar-refractivity contribution in [3.05, 3.63) is 11.5 Å². The summed E-state index contributed by atoms with van der Waals surface area (Å²) in [5.74, 6) is 1.67. The molecular weight excluding hydrogens is 230 g/mol. The summed E-state index contributed by atoms with van der Waals surface area (Å²) in [6, 6.07) is 0. The van der Waals surface area contributed by atoms with Crippen molar-refractivity contribution in [3.8, 4) is 0 Å². The van der Waals surface area contributed by atoms with E-state index < -0.39 is 5.97 Å². The zero-order chi connectivity index (χ0) is 13.1. The minimum absolute atomic E-state index is 0.253. The standard InChI is InChI=1S/C13H21N3O2/c1-3-10-15-11(13(17)18-2)12(14)16(10)8-7-9-5-4-6-9/h9H,3-8,14H2,1-2H3. The van der Waals surface area contributed by atoms with E-state index in [4.69, 9.17) is 10.5 Å². The molecule has 1 saturated carbocycles. The Balaban J connectivity index is 2.15. The molecule has 18 heavy (non-hydrogen) atoms. The van der Waals surface area contributed by atoms with E-state index in [1.807, 2.05) is 11.5 Å². The molecule has 0 atom stereocenters. The van der Waals surface area contributed by atoms with Gasteiger partial charge >= 0.3 is 5.97 Å². The zero-order valence-electron chi connectivity index (χ0n) is 11.1. The van der Waals surface area contributed by atoms with Crippen LogP contribution in [0.5, 0.6) is 0 Å². The summed E-state index contributed by atoms with van der Waals surface area (Å²) in [6.07, 6.45) is 5.87. The largest absolute Gasteiger partial charge is 0.464 e. The molecule has 2 rings (SSSR count). The van der Waals surface area contributed by atoms with Gasteiger partial charge in [-0.25, -0.2) is 9.78 Å². The van der Waals surface area contributed by atoms with Gasteiger partial charge in [0.15, 0.2) is 5.69 Å². The SMILES string of the molecule is CCc1nc(C(=O)OC)c(N)n1CCC1CCC1. The smallest absolute Gasteiger partial charge is 0.360 e. The van der Waals surface area contributed by atoms with Crippen molar-refractivity contribution in [2.75, 3.05) is 12.8 Å².